The first-order chi connectivity index (χ1) is 10.0. The summed E-state index contributed by atoms with van der Waals surface area (Å²) in [5.74, 6) is -0.357. The molecule has 5 nitrogen and oxygen atoms in total. The van der Waals surface area contributed by atoms with E-state index in [9.17, 15) is 20.1 Å². The summed E-state index contributed by atoms with van der Waals surface area (Å²) in [5.41, 5.74) is 0.696. The van der Waals surface area contributed by atoms with Crippen LogP contribution < -0.4 is 4.74 Å². The molecule has 0 amide bonds. The molecule has 0 fully saturated rings. The Labute approximate surface area is 121 Å². The lowest BCUT2D eigenvalue weighted by atomic mass is 10.1. The highest BCUT2D eigenvalue weighted by molar-refractivity contribution is 6.07. The van der Waals surface area contributed by atoms with Gasteiger partial charge in [-0.15, -0.1) is 0 Å². The van der Waals surface area contributed by atoms with Crippen molar-refractivity contribution in [3.63, 3.8) is 0 Å². The van der Waals surface area contributed by atoms with Crippen LogP contribution in [-0.2, 0) is 0 Å². The molecule has 0 bridgehead atoms. The molecule has 0 aromatic heterocycles. The van der Waals surface area contributed by atoms with Crippen LogP contribution in [0, 0.1) is 0 Å². The molecular formula is C16H14O5. The zero-order chi connectivity index (χ0) is 15.4. The number of hydrogen-bond donors (Lipinski definition) is 3. The van der Waals surface area contributed by atoms with Gasteiger partial charge in [0.2, 0.25) is 0 Å². The fourth-order valence-corrected chi connectivity index (χ4v) is 1.78. The first-order valence-corrected chi connectivity index (χ1v) is 6.12. The highest BCUT2D eigenvalue weighted by atomic mass is 16.5. The number of rotatable bonds is 4. The minimum absolute atomic E-state index is 0.0592. The molecule has 2 rings (SSSR count). The van der Waals surface area contributed by atoms with Crippen molar-refractivity contribution < 1.29 is 24.9 Å². The predicted octanol–water partition coefficient (Wildman–Crippen LogP) is 2.71. The number of aromatic hydroxyl groups is 3. The Bertz CT molecular complexity index is 704. The maximum atomic E-state index is 12.0. The first kappa shape index (κ1) is 14.5. The van der Waals surface area contributed by atoms with Crippen molar-refractivity contribution in [2.75, 3.05) is 7.11 Å². The summed E-state index contributed by atoms with van der Waals surface area (Å²) in [5, 5.41) is 28.4. The van der Waals surface area contributed by atoms with E-state index in [4.69, 9.17) is 4.74 Å². The van der Waals surface area contributed by atoms with Crippen LogP contribution in [0.25, 0.3) is 6.08 Å². The number of ketones is 1. The lowest BCUT2D eigenvalue weighted by Gasteiger charge is -2.04. The van der Waals surface area contributed by atoms with Crippen LogP contribution in [0.1, 0.15) is 15.9 Å². The summed E-state index contributed by atoms with van der Waals surface area (Å²) in [6.07, 6.45) is 2.70. The van der Waals surface area contributed by atoms with E-state index < -0.39 is 0 Å². The van der Waals surface area contributed by atoms with E-state index in [1.54, 1.807) is 0 Å². The molecule has 0 aliphatic carbocycles. The second-order valence-electron chi connectivity index (χ2n) is 4.33. The van der Waals surface area contributed by atoms with E-state index in [0.717, 1.165) is 0 Å². The molecule has 0 radical (unpaired) electrons. The Morgan fingerprint density at radius 1 is 1.05 bits per heavy atom. The fourth-order valence-electron chi connectivity index (χ4n) is 1.78. The number of hydrogen-bond acceptors (Lipinski definition) is 5. The number of carbonyl (C=O) groups is 1. The molecule has 0 spiro atoms. The average molecular weight is 286 g/mol. The Balaban J connectivity index is 2.21. The van der Waals surface area contributed by atoms with Crippen LogP contribution in [0.5, 0.6) is 23.0 Å². The largest absolute Gasteiger partial charge is 0.508 e. The van der Waals surface area contributed by atoms with E-state index in [1.807, 2.05) is 0 Å². The Morgan fingerprint density at radius 2 is 1.81 bits per heavy atom. The van der Waals surface area contributed by atoms with Gasteiger partial charge in [0.15, 0.2) is 17.3 Å². The van der Waals surface area contributed by atoms with Crippen LogP contribution in [0.2, 0.25) is 0 Å². The lowest BCUT2D eigenvalue weighted by Crippen LogP contribution is -1.94. The zero-order valence-electron chi connectivity index (χ0n) is 11.3. The van der Waals surface area contributed by atoms with Crippen molar-refractivity contribution in [3.8, 4) is 23.0 Å². The normalized spacial score (nSPS) is 10.7. The molecule has 108 valence electrons. The van der Waals surface area contributed by atoms with Gasteiger partial charge in [-0.25, -0.2) is 0 Å². The van der Waals surface area contributed by atoms with Gasteiger partial charge in [-0.3, -0.25) is 4.79 Å². The van der Waals surface area contributed by atoms with Gasteiger partial charge in [0.05, 0.1) is 7.11 Å². The van der Waals surface area contributed by atoms with Crippen molar-refractivity contribution >= 4 is 11.9 Å². The lowest BCUT2D eigenvalue weighted by molar-refractivity contribution is 0.104. The van der Waals surface area contributed by atoms with E-state index in [2.05, 4.69) is 0 Å². The molecule has 3 N–H and O–H groups in total. The molecule has 0 saturated heterocycles. The monoisotopic (exact) mass is 286 g/mol. The summed E-state index contributed by atoms with van der Waals surface area (Å²) in [6.45, 7) is 0. The smallest absolute Gasteiger partial charge is 0.185 e. The van der Waals surface area contributed by atoms with Gasteiger partial charge >= 0.3 is 0 Å². The summed E-state index contributed by atoms with van der Waals surface area (Å²) < 4.78 is 4.90. The SMILES string of the molecule is COc1ccc(C(=O)C=Cc2ccc(O)cc2O)cc1O. The highest BCUT2D eigenvalue weighted by Gasteiger charge is 2.07. The number of phenols is 3. The standard InChI is InChI=1S/C16H14O5/c1-21-16-7-4-11(8-15(16)20)13(18)6-3-10-2-5-12(17)9-14(10)19/h2-9,17,19-20H,1H3. The molecule has 0 aliphatic rings. The Morgan fingerprint density at radius 3 is 2.43 bits per heavy atom. The van der Waals surface area contributed by atoms with Crippen LogP contribution in [0.3, 0.4) is 0 Å². The van der Waals surface area contributed by atoms with E-state index in [-0.39, 0.29) is 28.8 Å². The second-order valence-corrected chi connectivity index (χ2v) is 4.33. The first-order valence-electron chi connectivity index (χ1n) is 6.12. The quantitative estimate of drug-likeness (QED) is 0.594. The summed E-state index contributed by atoms with van der Waals surface area (Å²) in [7, 11) is 1.42. The predicted molar refractivity (Wildman–Crippen MR) is 77.8 cm³/mol. The van der Waals surface area contributed by atoms with Crippen molar-refractivity contribution in [2.45, 2.75) is 0 Å². The minimum atomic E-state index is -0.333. The molecular weight excluding hydrogens is 272 g/mol. The van der Waals surface area contributed by atoms with E-state index in [1.165, 1.54) is 55.7 Å². The van der Waals surface area contributed by atoms with Crippen molar-refractivity contribution in [1.82, 2.24) is 0 Å². The average Bonchev–Trinajstić information content (AvgIpc) is 2.46. The molecule has 5 heteroatoms. The van der Waals surface area contributed by atoms with Crippen molar-refractivity contribution in [3.05, 3.63) is 53.6 Å². The Hall–Kier alpha value is -2.95. The number of methoxy groups -OCH3 is 1. The van der Waals surface area contributed by atoms with Crippen LogP contribution >= 0.6 is 0 Å². The van der Waals surface area contributed by atoms with Gasteiger partial charge in [0.25, 0.3) is 0 Å². The number of phenolic OH excluding ortho intramolecular Hbond substituents is 3. The topological polar surface area (TPSA) is 87.0 Å². The number of benzene rings is 2. The number of ether oxygens (including phenoxy) is 1. The maximum Gasteiger partial charge on any atom is 0.185 e. The molecule has 0 unspecified atom stereocenters. The molecule has 0 heterocycles. The molecule has 0 aliphatic heterocycles. The molecule has 21 heavy (non-hydrogen) atoms. The molecule has 0 atom stereocenters. The minimum Gasteiger partial charge on any atom is -0.508 e. The van der Waals surface area contributed by atoms with Crippen molar-refractivity contribution in [1.29, 1.82) is 0 Å². The third kappa shape index (κ3) is 3.33. The van der Waals surface area contributed by atoms with Crippen molar-refractivity contribution in [2.24, 2.45) is 0 Å². The van der Waals surface area contributed by atoms with Crippen LogP contribution in [0.15, 0.2) is 42.5 Å². The third-order valence-electron chi connectivity index (χ3n) is 2.89. The number of carbonyl (C=O) groups excluding carboxylic acids is 1. The van der Waals surface area contributed by atoms with Crippen LogP contribution in [-0.4, -0.2) is 28.2 Å². The van der Waals surface area contributed by atoms with E-state index >= 15 is 0 Å². The van der Waals surface area contributed by atoms with Crippen LogP contribution in [0.4, 0.5) is 0 Å². The highest BCUT2D eigenvalue weighted by Crippen LogP contribution is 2.27. The molecule has 2 aromatic carbocycles. The van der Waals surface area contributed by atoms with Gasteiger partial charge in [0, 0.05) is 17.2 Å². The number of allylic oxidation sites excluding steroid dienone is 1. The summed E-state index contributed by atoms with van der Waals surface area (Å²) >= 11 is 0. The molecule has 0 saturated carbocycles. The van der Waals surface area contributed by atoms with Gasteiger partial charge < -0.3 is 20.1 Å². The Kier molecular flexibility index (Phi) is 4.13. The van der Waals surface area contributed by atoms with Gasteiger partial charge in [-0.2, -0.15) is 0 Å². The fraction of sp³-hybridized carbons (Fsp3) is 0.0625. The second kappa shape index (κ2) is 6.00. The molecule has 2 aromatic rings. The van der Waals surface area contributed by atoms with Gasteiger partial charge in [-0.05, 0) is 42.5 Å². The van der Waals surface area contributed by atoms with Gasteiger partial charge in [0.1, 0.15) is 11.5 Å². The van der Waals surface area contributed by atoms with Gasteiger partial charge in [-0.1, -0.05) is 0 Å². The maximum absolute atomic E-state index is 12.0. The summed E-state index contributed by atoms with van der Waals surface area (Å²) in [4.78, 5) is 12.0. The third-order valence-corrected chi connectivity index (χ3v) is 2.89. The van der Waals surface area contributed by atoms with E-state index in [0.29, 0.717) is 11.1 Å². The zero-order valence-corrected chi connectivity index (χ0v) is 11.3. The summed E-state index contributed by atoms with van der Waals surface area (Å²) in [6, 6.07) is 8.41.